The predicted octanol–water partition coefficient (Wildman–Crippen LogP) is 3.26. The summed E-state index contributed by atoms with van der Waals surface area (Å²) in [5.41, 5.74) is 1.06. The first kappa shape index (κ1) is 12.2. The van der Waals surface area contributed by atoms with Gasteiger partial charge in [-0.3, -0.25) is 0 Å². The summed E-state index contributed by atoms with van der Waals surface area (Å²) in [5, 5.41) is 4.56. The Morgan fingerprint density at radius 3 is 2.88 bits per heavy atom. The molecule has 1 fully saturated rings. The van der Waals surface area contributed by atoms with Crippen LogP contribution in [0.4, 0.5) is 0 Å². The Labute approximate surface area is 106 Å². The van der Waals surface area contributed by atoms with Crippen molar-refractivity contribution in [1.82, 2.24) is 5.32 Å². The summed E-state index contributed by atoms with van der Waals surface area (Å²) in [7, 11) is 0. The van der Waals surface area contributed by atoms with Gasteiger partial charge in [-0.2, -0.15) is 0 Å². The van der Waals surface area contributed by atoms with Crippen LogP contribution in [0.2, 0.25) is 10.0 Å². The van der Waals surface area contributed by atoms with E-state index in [1.807, 2.05) is 12.1 Å². The van der Waals surface area contributed by atoms with Crippen molar-refractivity contribution in [2.45, 2.75) is 25.5 Å². The van der Waals surface area contributed by atoms with E-state index >= 15 is 0 Å². The molecule has 0 unspecified atom stereocenters. The minimum atomic E-state index is 0.516. The van der Waals surface area contributed by atoms with Crippen LogP contribution >= 0.6 is 23.2 Å². The lowest BCUT2D eigenvalue weighted by Gasteiger charge is -2.11. The van der Waals surface area contributed by atoms with Gasteiger partial charge in [-0.1, -0.05) is 29.3 Å². The highest BCUT2D eigenvalue weighted by molar-refractivity contribution is 6.41. The van der Waals surface area contributed by atoms with Crippen LogP contribution in [0.5, 0.6) is 0 Å². The second kappa shape index (κ2) is 5.87. The Bertz CT molecular complexity index is 351. The van der Waals surface area contributed by atoms with Gasteiger partial charge >= 0.3 is 0 Å². The Kier molecular flexibility index (Phi) is 4.47. The first-order chi connectivity index (χ1) is 7.75. The summed E-state index contributed by atoms with van der Waals surface area (Å²) in [4.78, 5) is 0. The van der Waals surface area contributed by atoms with E-state index < -0.39 is 0 Å². The molecular formula is C12H15Cl2NO. The fourth-order valence-electron chi connectivity index (χ4n) is 1.85. The molecule has 0 spiro atoms. The van der Waals surface area contributed by atoms with Gasteiger partial charge in [0, 0.05) is 6.04 Å². The summed E-state index contributed by atoms with van der Waals surface area (Å²) in [6, 6.07) is 6.11. The molecule has 0 radical (unpaired) electrons. The average molecular weight is 260 g/mol. The van der Waals surface area contributed by atoms with Crippen LogP contribution in [0.15, 0.2) is 18.2 Å². The maximum Gasteiger partial charge on any atom is 0.0718 e. The number of ether oxygens (including phenoxy) is 1. The van der Waals surface area contributed by atoms with E-state index in [0.29, 0.717) is 22.7 Å². The fraction of sp³-hybridized carbons (Fsp3) is 0.500. The van der Waals surface area contributed by atoms with Gasteiger partial charge in [-0.25, -0.2) is 0 Å². The smallest absolute Gasteiger partial charge is 0.0718 e. The third-order valence-electron chi connectivity index (χ3n) is 2.73. The van der Waals surface area contributed by atoms with E-state index in [4.69, 9.17) is 27.9 Å². The van der Waals surface area contributed by atoms with Gasteiger partial charge < -0.3 is 10.1 Å². The number of rotatable bonds is 4. The van der Waals surface area contributed by atoms with Gasteiger partial charge in [0.15, 0.2) is 0 Å². The summed E-state index contributed by atoms with van der Waals surface area (Å²) in [6.45, 7) is 2.47. The van der Waals surface area contributed by atoms with Gasteiger partial charge in [0.2, 0.25) is 0 Å². The van der Waals surface area contributed by atoms with Crippen molar-refractivity contribution in [3.05, 3.63) is 33.8 Å². The maximum absolute atomic E-state index is 5.92. The van der Waals surface area contributed by atoms with E-state index in [2.05, 4.69) is 5.32 Å². The molecule has 2 rings (SSSR count). The van der Waals surface area contributed by atoms with Crippen molar-refractivity contribution in [1.29, 1.82) is 0 Å². The van der Waals surface area contributed by atoms with Crippen molar-refractivity contribution in [2.24, 2.45) is 0 Å². The summed E-state index contributed by atoms with van der Waals surface area (Å²) >= 11 is 11.8. The first-order valence-electron chi connectivity index (χ1n) is 5.51. The molecule has 2 nitrogen and oxygen atoms in total. The minimum absolute atomic E-state index is 0.516. The monoisotopic (exact) mass is 259 g/mol. The third kappa shape index (κ3) is 3.36. The van der Waals surface area contributed by atoms with Gasteiger partial charge in [0.25, 0.3) is 0 Å². The molecule has 0 saturated carbocycles. The molecule has 4 heteroatoms. The van der Waals surface area contributed by atoms with E-state index in [1.165, 1.54) is 12.8 Å². The molecule has 0 aromatic heterocycles. The Balaban J connectivity index is 1.78. The molecule has 0 amide bonds. The molecule has 1 heterocycles. The quantitative estimate of drug-likeness (QED) is 0.897. The lowest BCUT2D eigenvalue weighted by molar-refractivity contribution is 0.103. The lowest BCUT2D eigenvalue weighted by Crippen LogP contribution is -2.26. The largest absolute Gasteiger partial charge is 0.375 e. The van der Waals surface area contributed by atoms with Crippen LogP contribution in [-0.4, -0.2) is 19.2 Å². The second-order valence-corrected chi connectivity index (χ2v) is 4.87. The molecule has 1 aromatic carbocycles. The van der Waals surface area contributed by atoms with Crippen molar-refractivity contribution >= 4 is 23.2 Å². The molecule has 1 atom stereocenters. The fourth-order valence-corrected chi connectivity index (χ4v) is 2.17. The highest BCUT2D eigenvalue weighted by Crippen LogP contribution is 2.22. The highest BCUT2D eigenvalue weighted by atomic mass is 35.5. The van der Waals surface area contributed by atoms with Crippen molar-refractivity contribution in [3.8, 4) is 0 Å². The predicted molar refractivity (Wildman–Crippen MR) is 67.1 cm³/mol. The second-order valence-electron chi connectivity index (χ2n) is 4.06. The molecular weight excluding hydrogens is 245 g/mol. The van der Waals surface area contributed by atoms with Crippen LogP contribution in [0.1, 0.15) is 18.4 Å². The maximum atomic E-state index is 5.92. The Hall–Kier alpha value is -0.280. The number of hydrogen-bond donors (Lipinski definition) is 1. The zero-order chi connectivity index (χ0) is 11.4. The van der Waals surface area contributed by atoms with E-state index in [0.717, 1.165) is 18.7 Å². The van der Waals surface area contributed by atoms with Crippen LogP contribution in [-0.2, 0) is 11.3 Å². The third-order valence-corrected chi connectivity index (χ3v) is 3.47. The van der Waals surface area contributed by atoms with Gasteiger partial charge in [0.05, 0.1) is 23.3 Å². The zero-order valence-corrected chi connectivity index (χ0v) is 10.5. The number of nitrogens with one attached hydrogen (secondary N) is 1. The summed E-state index contributed by atoms with van der Waals surface area (Å²) in [5.74, 6) is 0. The van der Waals surface area contributed by atoms with Crippen molar-refractivity contribution < 1.29 is 4.74 Å². The van der Waals surface area contributed by atoms with Crippen LogP contribution in [0, 0.1) is 0 Å². The van der Waals surface area contributed by atoms with Gasteiger partial charge in [-0.05, 0) is 37.1 Å². The van der Waals surface area contributed by atoms with Crippen LogP contribution in [0.25, 0.3) is 0 Å². The number of hydrogen-bond acceptors (Lipinski definition) is 2. The van der Waals surface area contributed by atoms with Crippen molar-refractivity contribution in [2.75, 3.05) is 13.2 Å². The molecule has 16 heavy (non-hydrogen) atoms. The summed E-state index contributed by atoms with van der Waals surface area (Å²) < 4.78 is 5.63. The molecule has 0 bridgehead atoms. The Morgan fingerprint density at radius 1 is 1.31 bits per heavy atom. The van der Waals surface area contributed by atoms with Crippen LogP contribution < -0.4 is 5.32 Å². The molecule has 1 aromatic rings. The lowest BCUT2D eigenvalue weighted by atomic mass is 10.2. The normalized spacial score (nSPS) is 20.2. The van der Waals surface area contributed by atoms with Crippen molar-refractivity contribution in [3.63, 3.8) is 0 Å². The standard InChI is InChI=1S/C12H15Cl2NO/c13-11-4-3-9(6-12(11)14)7-16-8-10-2-1-5-15-10/h3-4,6,10,15H,1-2,5,7-8H2/t10-/m0/s1. The Morgan fingerprint density at radius 2 is 2.19 bits per heavy atom. The molecule has 88 valence electrons. The molecule has 0 aliphatic carbocycles. The number of benzene rings is 1. The number of halogens is 2. The van der Waals surface area contributed by atoms with Gasteiger partial charge in [0.1, 0.15) is 0 Å². The highest BCUT2D eigenvalue weighted by Gasteiger charge is 2.13. The first-order valence-corrected chi connectivity index (χ1v) is 6.26. The summed E-state index contributed by atoms with van der Waals surface area (Å²) in [6.07, 6.45) is 2.46. The molecule has 1 N–H and O–H groups in total. The van der Waals surface area contributed by atoms with Gasteiger partial charge in [-0.15, -0.1) is 0 Å². The average Bonchev–Trinajstić information content (AvgIpc) is 2.76. The molecule has 1 aliphatic heterocycles. The van der Waals surface area contributed by atoms with E-state index in [9.17, 15) is 0 Å². The molecule has 1 saturated heterocycles. The van der Waals surface area contributed by atoms with E-state index in [1.54, 1.807) is 6.07 Å². The van der Waals surface area contributed by atoms with Crippen LogP contribution in [0.3, 0.4) is 0 Å². The topological polar surface area (TPSA) is 21.3 Å². The SMILES string of the molecule is Clc1ccc(COC[C@@H]2CCCN2)cc1Cl. The zero-order valence-electron chi connectivity index (χ0n) is 9.01. The minimum Gasteiger partial charge on any atom is -0.375 e. The molecule has 1 aliphatic rings. The van der Waals surface area contributed by atoms with E-state index in [-0.39, 0.29) is 0 Å².